The summed E-state index contributed by atoms with van der Waals surface area (Å²) in [5.74, 6) is -6.03. The molecule has 0 bridgehead atoms. The summed E-state index contributed by atoms with van der Waals surface area (Å²) in [4.78, 5) is 15.5. The highest BCUT2D eigenvalue weighted by Crippen LogP contribution is 2.20. The lowest BCUT2D eigenvalue weighted by molar-refractivity contribution is -0.120. The number of aromatic nitrogens is 1. The first kappa shape index (κ1) is 18.0. The van der Waals surface area contributed by atoms with E-state index in [1.165, 1.54) is 0 Å². The van der Waals surface area contributed by atoms with Gasteiger partial charge in [0.1, 0.15) is 4.90 Å². The van der Waals surface area contributed by atoms with Gasteiger partial charge in [0.15, 0.2) is 17.5 Å². The number of hydrazine groups is 1. The number of halogens is 3. The maximum absolute atomic E-state index is 13.6. The number of hydrogen-bond donors (Lipinski definition) is 3. The van der Waals surface area contributed by atoms with Crippen LogP contribution >= 0.6 is 0 Å². The Bertz CT molecular complexity index is 1100. The van der Waals surface area contributed by atoms with Gasteiger partial charge < -0.3 is 4.98 Å². The van der Waals surface area contributed by atoms with Gasteiger partial charge in [0.2, 0.25) is 5.91 Å². The second kappa shape index (κ2) is 6.81. The Labute approximate surface area is 146 Å². The molecule has 2 aromatic carbocycles. The van der Waals surface area contributed by atoms with Crippen LogP contribution in [0.3, 0.4) is 0 Å². The molecule has 1 amide bonds. The number of carbonyl (C=O) groups is 1. The van der Waals surface area contributed by atoms with Gasteiger partial charge in [-0.3, -0.25) is 10.2 Å². The molecule has 0 fully saturated rings. The van der Waals surface area contributed by atoms with Crippen LogP contribution in [-0.2, 0) is 21.2 Å². The number of nitrogens with one attached hydrogen (secondary N) is 3. The molecule has 0 saturated carbocycles. The normalized spacial score (nSPS) is 11.7. The lowest BCUT2D eigenvalue weighted by atomic mass is 10.1. The Balaban J connectivity index is 1.72. The molecule has 1 heterocycles. The first-order valence-electron chi connectivity index (χ1n) is 7.29. The quantitative estimate of drug-likeness (QED) is 0.466. The average molecular weight is 383 g/mol. The number of benzene rings is 2. The molecule has 3 rings (SSSR count). The maximum Gasteiger partial charge on any atom is 0.260 e. The summed E-state index contributed by atoms with van der Waals surface area (Å²) < 4.78 is 63.6. The van der Waals surface area contributed by atoms with Gasteiger partial charge in [-0.25, -0.2) is 21.6 Å². The molecule has 10 heteroatoms. The second-order valence-electron chi connectivity index (χ2n) is 5.36. The Morgan fingerprint density at radius 3 is 2.54 bits per heavy atom. The van der Waals surface area contributed by atoms with Gasteiger partial charge in [-0.2, -0.15) is 0 Å². The van der Waals surface area contributed by atoms with E-state index in [0.29, 0.717) is 17.7 Å². The summed E-state index contributed by atoms with van der Waals surface area (Å²) in [6.45, 7) is 0. The lowest BCUT2D eigenvalue weighted by Crippen LogP contribution is -2.42. The van der Waals surface area contributed by atoms with Crippen LogP contribution in [-0.4, -0.2) is 19.3 Å². The standard InChI is InChI=1S/C16H12F3N3O3S/c17-11-5-6-13(16(19)15(11)18)26(24,25)22-21-14(23)7-9-8-20-12-4-2-1-3-10(9)12/h1-6,8,20,22H,7H2,(H,21,23). The zero-order chi connectivity index (χ0) is 18.9. The number of H-pyrrole nitrogens is 1. The van der Waals surface area contributed by atoms with Gasteiger partial charge in [0.25, 0.3) is 10.0 Å². The highest BCUT2D eigenvalue weighted by molar-refractivity contribution is 7.89. The van der Waals surface area contributed by atoms with E-state index < -0.39 is 38.3 Å². The molecule has 3 N–H and O–H groups in total. The SMILES string of the molecule is O=C(Cc1c[nH]c2ccccc12)NNS(=O)(=O)c1ccc(F)c(F)c1F. The van der Waals surface area contributed by atoms with Crippen molar-refractivity contribution in [1.82, 2.24) is 15.2 Å². The smallest absolute Gasteiger partial charge is 0.260 e. The van der Waals surface area contributed by atoms with Crippen molar-refractivity contribution in [2.75, 3.05) is 0 Å². The van der Waals surface area contributed by atoms with Gasteiger partial charge in [0, 0.05) is 17.1 Å². The molecule has 3 aromatic rings. The predicted molar refractivity (Wildman–Crippen MR) is 86.8 cm³/mol. The largest absolute Gasteiger partial charge is 0.361 e. The van der Waals surface area contributed by atoms with Gasteiger partial charge in [-0.1, -0.05) is 18.2 Å². The van der Waals surface area contributed by atoms with Crippen LogP contribution in [0.1, 0.15) is 5.56 Å². The number of rotatable bonds is 5. The van der Waals surface area contributed by atoms with Crippen LogP contribution in [0.15, 0.2) is 47.5 Å². The van der Waals surface area contributed by atoms with E-state index in [1.807, 2.05) is 17.6 Å². The number of amides is 1. The highest BCUT2D eigenvalue weighted by Gasteiger charge is 2.24. The molecule has 1 aromatic heterocycles. The summed E-state index contributed by atoms with van der Waals surface area (Å²) in [6, 6.07) is 8.22. The number of hydrogen-bond acceptors (Lipinski definition) is 3. The van der Waals surface area contributed by atoms with Crippen molar-refractivity contribution in [3.63, 3.8) is 0 Å². The molecule has 0 aliphatic carbocycles. The molecule has 26 heavy (non-hydrogen) atoms. The first-order valence-corrected chi connectivity index (χ1v) is 8.77. The van der Waals surface area contributed by atoms with Gasteiger partial charge in [-0.15, -0.1) is 4.83 Å². The minimum absolute atomic E-state index is 0.160. The third kappa shape index (κ3) is 3.41. The van der Waals surface area contributed by atoms with Crippen LogP contribution in [0, 0.1) is 17.5 Å². The van der Waals surface area contributed by atoms with Crippen LogP contribution in [0.2, 0.25) is 0 Å². The summed E-state index contributed by atoms with van der Waals surface area (Å²) in [5.41, 5.74) is 3.34. The van der Waals surface area contributed by atoms with Gasteiger partial charge >= 0.3 is 0 Å². The fourth-order valence-corrected chi connectivity index (χ4v) is 3.32. The third-order valence-corrected chi connectivity index (χ3v) is 4.91. The molecule has 0 spiro atoms. The Hall–Kier alpha value is -2.85. The van der Waals surface area contributed by atoms with Crippen molar-refractivity contribution in [1.29, 1.82) is 0 Å². The number of carbonyl (C=O) groups excluding carboxylic acids is 1. The minimum Gasteiger partial charge on any atom is -0.361 e. The van der Waals surface area contributed by atoms with Crippen LogP contribution < -0.4 is 10.3 Å². The number of para-hydroxylation sites is 1. The Kier molecular flexibility index (Phi) is 4.70. The highest BCUT2D eigenvalue weighted by atomic mass is 32.2. The van der Waals surface area contributed by atoms with E-state index in [9.17, 15) is 26.4 Å². The van der Waals surface area contributed by atoms with E-state index in [-0.39, 0.29) is 6.42 Å². The zero-order valence-corrected chi connectivity index (χ0v) is 13.8. The topological polar surface area (TPSA) is 91.1 Å². The van der Waals surface area contributed by atoms with Crippen LogP contribution in [0.4, 0.5) is 13.2 Å². The Morgan fingerprint density at radius 1 is 1.04 bits per heavy atom. The van der Waals surface area contributed by atoms with E-state index in [0.717, 1.165) is 10.9 Å². The molecule has 0 radical (unpaired) electrons. The van der Waals surface area contributed by atoms with E-state index in [1.54, 1.807) is 23.2 Å². The molecule has 0 aliphatic heterocycles. The third-order valence-electron chi connectivity index (χ3n) is 3.64. The average Bonchev–Trinajstić information content (AvgIpc) is 3.01. The number of aromatic amines is 1. The van der Waals surface area contributed by atoms with Crippen molar-refractivity contribution in [2.45, 2.75) is 11.3 Å². The molecular formula is C16H12F3N3O3S. The van der Waals surface area contributed by atoms with Crippen molar-refractivity contribution in [3.8, 4) is 0 Å². The lowest BCUT2D eigenvalue weighted by Gasteiger charge is -2.09. The monoisotopic (exact) mass is 383 g/mol. The van der Waals surface area contributed by atoms with Crippen LogP contribution in [0.25, 0.3) is 10.9 Å². The van der Waals surface area contributed by atoms with E-state index in [4.69, 9.17) is 0 Å². The van der Waals surface area contributed by atoms with Crippen LogP contribution in [0.5, 0.6) is 0 Å². The second-order valence-corrected chi connectivity index (χ2v) is 7.01. The zero-order valence-electron chi connectivity index (χ0n) is 13.0. The predicted octanol–water partition coefficient (Wildman–Crippen LogP) is 2.14. The number of sulfonamides is 1. The summed E-state index contributed by atoms with van der Waals surface area (Å²) in [7, 11) is -4.62. The van der Waals surface area contributed by atoms with Crippen molar-refractivity contribution in [3.05, 3.63) is 65.6 Å². The molecule has 136 valence electrons. The molecule has 0 atom stereocenters. The molecule has 6 nitrogen and oxygen atoms in total. The molecular weight excluding hydrogens is 371 g/mol. The number of fused-ring (bicyclic) bond motifs is 1. The van der Waals surface area contributed by atoms with E-state index in [2.05, 4.69) is 4.98 Å². The van der Waals surface area contributed by atoms with Gasteiger partial charge in [-0.05, 0) is 23.8 Å². The summed E-state index contributed by atoms with van der Waals surface area (Å²) in [6.07, 6.45) is 1.44. The molecule has 0 saturated heterocycles. The Morgan fingerprint density at radius 2 is 1.77 bits per heavy atom. The fourth-order valence-electron chi connectivity index (χ4n) is 2.39. The summed E-state index contributed by atoms with van der Waals surface area (Å²) in [5, 5.41) is 0.789. The minimum atomic E-state index is -4.62. The molecule has 0 aliphatic rings. The van der Waals surface area contributed by atoms with Gasteiger partial charge in [0.05, 0.1) is 6.42 Å². The molecule has 0 unspecified atom stereocenters. The first-order chi connectivity index (χ1) is 12.3. The van der Waals surface area contributed by atoms with Crippen molar-refractivity contribution < 1.29 is 26.4 Å². The van der Waals surface area contributed by atoms with Crippen molar-refractivity contribution >= 4 is 26.8 Å². The van der Waals surface area contributed by atoms with E-state index >= 15 is 0 Å². The maximum atomic E-state index is 13.6. The summed E-state index contributed by atoms with van der Waals surface area (Å²) >= 11 is 0. The van der Waals surface area contributed by atoms with Crippen molar-refractivity contribution in [2.24, 2.45) is 0 Å². The fraction of sp³-hybridized carbons (Fsp3) is 0.0625.